The lowest BCUT2D eigenvalue weighted by molar-refractivity contribution is -0.131. The van der Waals surface area contributed by atoms with Gasteiger partial charge in [0.05, 0.1) is 25.4 Å². The van der Waals surface area contributed by atoms with Crippen LogP contribution in [0.4, 0.5) is 11.4 Å². The number of aliphatic hydroxyl groups is 1. The van der Waals surface area contributed by atoms with E-state index < -0.39 is 5.54 Å². The molecule has 1 spiro atoms. The number of ether oxygens (including phenoxy) is 1. The van der Waals surface area contributed by atoms with Crippen LogP contribution in [0.2, 0.25) is 0 Å². The molecular weight excluding hydrogens is 504 g/mol. The average Bonchev–Trinajstić information content (AvgIpc) is 3.58. The molecule has 0 aliphatic carbocycles. The van der Waals surface area contributed by atoms with E-state index in [9.17, 15) is 14.7 Å². The second-order valence-electron chi connectivity index (χ2n) is 11.2. The summed E-state index contributed by atoms with van der Waals surface area (Å²) in [5.41, 5.74) is 2.46. The predicted molar refractivity (Wildman–Crippen MR) is 157 cm³/mol. The Labute approximate surface area is 237 Å². The van der Waals surface area contributed by atoms with Crippen LogP contribution in [-0.4, -0.2) is 73.4 Å². The number of methoxy groups -OCH3 is 1. The molecule has 0 aromatic heterocycles. The summed E-state index contributed by atoms with van der Waals surface area (Å²) in [6, 6.07) is 18.3. The number of carbonyl (C=O) groups excluding carboxylic acids is 2. The molecule has 8 heteroatoms. The minimum Gasteiger partial charge on any atom is -0.394 e. The number of para-hydroxylation sites is 1. The van der Waals surface area contributed by atoms with Gasteiger partial charge in [-0.1, -0.05) is 49.4 Å². The van der Waals surface area contributed by atoms with Gasteiger partial charge in [-0.3, -0.25) is 14.5 Å². The quantitative estimate of drug-likeness (QED) is 0.465. The Hall–Kier alpha value is -3.20. The summed E-state index contributed by atoms with van der Waals surface area (Å²) >= 11 is 0. The number of benzene rings is 2. The third-order valence-electron chi connectivity index (χ3n) is 8.85. The summed E-state index contributed by atoms with van der Waals surface area (Å²) in [4.78, 5) is 32.5. The van der Waals surface area contributed by atoms with Gasteiger partial charge in [0.25, 0.3) is 5.91 Å². The van der Waals surface area contributed by atoms with Crippen LogP contribution in [0, 0.1) is 5.92 Å². The van der Waals surface area contributed by atoms with Gasteiger partial charge < -0.3 is 25.0 Å². The maximum absolute atomic E-state index is 13.9. The first-order chi connectivity index (χ1) is 19.5. The Bertz CT molecular complexity index is 1180. The first-order valence-electron chi connectivity index (χ1n) is 14.5. The van der Waals surface area contributed by atoms with E-state index in [2.05, 4.69) is 29.3 Å². The molecule has 3 saturated heterocycles. The molecule has 3 aliphatic heterocycles. The van der Waals surface area contributed by atoms with Crippen molar-refractivity contribution >= 4 is 23.2 Å². The maximum Gasteiger partial charge on any atom is 0.254 e. The Morgan fingerprint density at radius 1 is 1.12 bits per heavy atom. The third kappa shape index (κ3) is 5.53. The van der Waals surface area contributed by atoms with E-state index in [0.29, 0.717) is 13.1 Å². The standard InChI is InChI=1S/C32H42N4O4/c1-24(8-6-12-29(38)34-21-7-11-28(34)22-37)30(40-2)25-13-15-26(16-14-25)35-23-36(27-9-4-3-5-10-27)32(31(35)39)17-19-33-20-18-32/h3-6,8-10,13-16,24,28,30,33,37H,7,11-12,17-23H2,1-2H3/b8-6+/t24-,28-,30+/m0/s1. The van der Waals surface area contributed by atoms with Crippen molar-refractivity contribution in [1.82, 2.24) is 10.2 Å². The molecule has 3 atom stereocenters. The predicted octanol–water partition coefficient (Wildman–Crippen LogP) is 3.87. The summed E-state index contributed by atoms with van der Waals surface area (Å²) in [5.74, 6) is 0.275. The smallest absolute Gasteiger partial charge is 0.254 e. The Kier molecular flexibility index (Phi) is 8.88. The molecule has 0 saturated carbocycles. The number of hydrogen-bond acceptors (Lipinski definition) is 6. The fourth-order valence-electron chi connectivity index (χ4n) is 6.62. The lowest BCUT2D eigenvalue weighted by Gasteiger charge is -2.39. The van der Waals surface area contributed by atoms with E-state index in [-0.39, 0.29) is 36.5 Å². The van der Waals surface area contributed by atoms with Crippen LogP contribution < -0.4 is 15.1 Å². The molecule has 5 rings (SSSR count). The van der Waals surface area contributed by atoms with Crippen molar-refractivity contribution in [2.45, 2.75) is 56.7 Å². The van der Waals surface area contributed by atoms with Crippen molar-refractivity contribution in [2.24, 2.45) is 5.92 Å². The van der Waals surface area contributed by atoms with Gasteiger partial charge in [-0.05, 0) is 68.6 Å². The molecule has 2 N–H and O–H groups in total. The first kappa shape index (κ1) is 28.3. The van der Waals surface area contributed by atoms with Crippen molar-refractivity contribution in [3.05, 3.63) is 72.3 Å². The molecule has 2 amide bonds. The fourth-order valence-corrected chi connectivity index (χ4v) is 6.62. The number of likely N-dealkylation sites (tertiary alicyclic amines) is 1. The first-order valence-corrected chi connectivity index (χ1v) is 14.5. The van der Waals surface area contributed by atoms with Crippen molar-refractivity contribution in [3.8, 4) is 0 Å². The number of anilines is 2. The van der Waals surface area contributed by atoms with Crippen LogP contribution in [0.3, 0.4) is 0 Å². The van der Waals surface area contributed by atoms with E-state index in [1.807, 2.05) is 59.5 Å². The van der Waals surface area contributed by atoms with E-state index in [1.54, 1.807) is 12.0 Å². The van der Waals surface area contributed by atoms with Crippen LogP contribution in [0.1, 0.15) is 50.7 Å². The Morgan fingerprint density at radius 2 is 1.85 bits per heavy atom. The molecular formula is C32H42N4O4. The SMILES string of the molecule is CO[C@@H](c1ccc(N2CN(c3ccccc3)C3(CCNCC3)C2=O)cc1)[C@@H](C)/C=C/CC(=O)N1CCC[C@H]1CO. The van der Waals surface area contributed by atoms with Crippen LogP contribution in [-0.2, 0) is 14.3 Å². The molecule has 40 heavy (non-hydrogen) atoms. The summed E-state index contributed by atoms with van der Waals surface area (Å²) < 4.78 is 5.87. The number of nitrogens with zero attached hydrogens (tertiary/aromatic N) is 3. The molecule has 0 radical (unpaired) electrons. The van der Waals surface area contributed by atoms with Gasteiger partial charge in [0.15, 0.2) is 0 Å². The number of rotatable bonds is 9. The van der Waals surface area contributed by atoms with Gasteiger partial charge in [0, 0.05) is 37.4 Å². The summed E-state index contributed by atoms with van der Waals surface area (Å²) in [6.45, 7) is 5.01. The van der Waals surface area contributed by atoms with E-state index >= 15 is 0 Å². The number of amides is 2. The lowest BCUT2D eigenvalue weighted by atomic mass is 9.86. The van der Waals surface area contributed by atoms with Crippen LogP contribution in [0.25, 0.3) is 0 Å². The maximum atomic E-state index is 13.9. The summed E-state index contributed by atoms with van der Waals surface area (Å²) in [6.07, 6.45) is 7.48. The molecule has 2 aromatic rings. The zero-order chi connectivity index (χ0) is 28.1. The highest BCUT2D eigenvalue weighted by Gasteiger charge is 2.53. The normalized spacial score (nSPS) is 22.4. The minimum atomic E-state index is -0.524. The largest absolute Gasteiger partial charge is 0.394 e. The number of carbonyl (C=O) groups is 2. The van der Waals surface area contributed by atoms with Crippen LogP contribution in [0.15, 0.2) is 66.7 Å². The second kappa shape index (κ2) is 12.5. The highest BCUT2D eigenvalue weighted by Crippen LogP contribution is 2.40. The highest BCUT2D eigenvalue weighted by molar-refractivity contribution is 6.06. The molecule has 3 aliphatic rings. The summed E-state index contributed by atoms with van der Waals surface area (Å²) in [7, 11) is 1.70. The van der Waals surface area contributed by atoms with Crippen LogP contribution in [0.5, 0.6) is 0 Å². The van der Waals surface area contributed by atoms with E-state index in [0.717, 1.165) is 62.3 Å². The number of hydrogen-bond donors (Lipinski definition) is 2. The fraction of sp³-hybridized carbons (Fsp3) is 0.500. The van der Waals surface area contributed by atoms with Gasteiger partial charge in [-0.25, -0.2) is 0 Å². The van der Waals surface area contributed by atoms with Crippen LogP contribution >= 0.6 is 0 Å². The van der Waals surface area contributed by atoms with Gasteiger partial charge in [-0.2, -0.15) is 0 Å². The van der Waals surface area contributed by atoms with Gasteiger partial charge >= 0.3 is 0 Å². The third-order valence-corrected chi connectivity index (χ3v) is 8.85. The molecule has 0 unspecified atom stereocenters. The van der Waals surface area contributed by atoms with Gasteiger partial charge in [0.1, 0.15) is 5.54 Å². The van der Waals surface area contributed by atoms with Crippen molar-refractivity contribution in [1.29, 1.82) is 0 Å². The Balaban J connectivity index is 1.27. The molecule has 214 valence electrons. The second-order valence-corrected chi connectivity index (χ2v) is 11.2. The molecule has 8 nitrogen and oxygen atoms in total. The highest BCUT2D eigenvalue weighted by atomic mass is 16.5. The number of piperidine rings is 1. The average molecular weight is 547 g/mol. The lowest BCUT2D eigenvalue weighted by Crippen LogP contribution is -2.55. The molecule has 0 bridgehead atoms. The molecule has 2 aromatic carbocycles. The zero-order valence-electron chi connectivity index (χ0n) is 23.7. The number of nitrogens with one attached hydrogen (secondary N) is 1. The summed E-state index contributed by atoms with van der Waals surface area (Å²) in [5, 5.41) is 12.9. The molecule has 3 fully saturated rings. The zero-order valence-corrected chi connectivity index (χ0v) is 23.7. The van der Waals surface area contributed by atoms with Gasteiger partial charge in [-0.15, -0.1) is 0 Å². The van der Waals surface area contributed by atoms with Crippen molar-refractivity contribution in [2.75, 3.05) is 49.8 Å². The number of aliphatic hydroxyl groups excluding tert-OH is 1. The Morgan fingerprint density at radius 3 is 2.52 bits per heavy atom. The van der Waals surface area contributed by atoms with Gasteiger partial charge in [0.2, 0.25) is 5.91 Å². The minimum absolute atomic E-state index is 0.0269. The van der Waals surface area contributed by atoms with E-state index in [1.165, 1.54) is 0 Å². The monoisotopic (exact) mass is 546 g/mol. The van der Waals surface area contributed by atoms with E-state index in [4.69, 9.17) is 4.74 Å². The van der Waals surface area contributed by atoms with Crippen molar-refractivity contribution < 1.29 is 19.4 Å². The molecule has 3 heterocycles. The van der Waals surface area contributed by atoms with Crippen molar-refractivity contribution in [3.63, 3.8) is 0 Å². The topological polar surface area (TPSA) is 85.4 Å².